The van der Waals surface area contributed by atoms with Crippen molar-refractivity contribution in [3.8, 4) is 17.2 Å². The summed E-state index contributed by atoms with van der Waals surface area (Å²) in [6.45, 7) is 7.16. The fourth-order valence-electron chi connectivity index (χ4n) is 4.94. The standard InChI is InChI=1S/C27H33F2N9O3/c1-15(39)32-20-10-16(8-9-30-20)41-17-12-31-24-22(23(17)40-7)37(6)25(34-24)33-21-11-18(26(2,3)4)38(35-21)19-13-36(5)14-27(19,28)29/h8-12,19H,13-14H2,1-7H3,(H,30,32,39)(H,31,33,34,35). The molecule has 41 heavy (non-hydrogen) atoms. The number of anilines is 3. The summed E-state index contributed by atoms with van der Waals surface area (Å²) in [5.74, 6) is -0.941. The van der Waals surface area contributed by atoms with Gasteiger partial charge in [-0.15, -0.1) is 0 Å². The van der Waals surface area contributed by atoms with Crippen LogP contribution in [0.2, 0.25) is 0 Å². The third kappa shape index (κ3) is 5.51. The molecule has 0 bridgehead atoms. The molecule has 1 saturated heterocycles. The molecule has 0 saturated carbocycles. The maximum absolute atomic E-state index is 14.9. The van der Waals surface area contributed by atoms with Crippen molar-refractivity contribution in [2.75, 3.05) is 37.9 Å². The number of ether oxygens (including phenoxy) is 2. The number of amides is 1. The second-order valence-corrected chi connectivity index (χ2v) is 11.2. The summed E-state index contributed by atoms with van der Waals surface area (Å²) >= 11 is 0. The molecule has 1 aliphatic heterocycles. The Morgan fingerprint density at radius 1 is 1.17 bits per heavy atom. The number of alkyl halides is 2. The van der Waals surface area contributed by atoms with Gasteiger partial charge in [-0.25, -0.2) is 18.7 Å². The Labute approximate surface area is 235 Å². The largest absolute Gasteiger partial charge is 0.491 e. The summed E-state index contributed by atoms with van der Waals surface area (Å²) in [5, 5.41) is 10.4. The van der Waals surface area contributed by atoms with E-state index < -0.39 is 17.4 Å². The quantitative estimate of drug-likeness (QED) is 0.331. The van der Waals surface area contributed by atoms with Crippen LogP contribution in [0.15, 0.2) is 30.6 Å². The highest BCUT2D eigenvalue weighted by Gasteiger charge is 2.49. The van der Waals surface area contributed by atoms with E-state index in [1.54, 1.807) is 41.8 Å². The van der Waals surface area contributed by atoms with Crippen LogP contribution in [0.5, 0.6) is 17.2 Å². The number of aromatic nitrogens is 6. The first-order valence-corrected chi connectivity index (χ1v) is 13.0. The minimum Gasteiger partial charge on any atom is -0.491 e. The molecule has 1 atom stereocenters. The van der Waals surface area contributed by atoms with Gasteiger partial charge in [0.25, 0.3) is 5.92 Å². The Morgan fingerprint density at radius 3 is 2.56 bits per heavy atom. The average Bonchev–Trinajstić information content (AvgIpc) is 3.51. The van der Waals surface area contributed by atoms with Crippen LogP contribution >= 0.6 is 0 Å². The highest BCUT2D eigenvalue weighted by Crippen LogP contribution is 2.41. The third-order valence-corrected chi connectivity index (χ3v) is 6.78. The molecular formula is C27H33F2N9O3. The second-order valence-electron chi connectivity index (χ2n) is 11.2. The number of nitrogens with one attached hydrogen (secondary N) is 2. The number of pyridine rings is 2. The molecule has 14 heteroatoms. The van der Waals surface area contributed by atoms with Crippen LogP contribution in [0.1, 0.15) is 39.4 Å². The van der Waals surface area contributed by atoms with Crippen molar-refractivity contribution in [2.24, 2.45) is 7.05 Å². The first kappa shape index (κ1) is 28.2. The molecule has 4 aromatic rings. The molecule has 0 aliphatic carbocycles. The zero-order chi connectivity index (χ0) is 29.7. The molecule has 4 aromatic heterocycles. The highest BCUT2D eigenvalue weighted by molar-refractivity contribution is 5.88. The van der Waals surface area contributed by atoms with Crippen LogP contribution in [0.4, 0.5) is 26.4 Å². The van der Waals surface area contributed by atoms with Gasteiger partial charge in [-0.2, -0.15) is 10.1 Å². The van der Waals surface area contributed by atoms with Gasteiger partial charge in [0.15, 0.2) is 23.0 Å². The number of methoxy groups -OCH3 is 1. The van der Waals surface area contributed by atoms with Crippen molar-refractivity contribution < 1.29 is 23.0 Å². The number of likely N-dealkylation sites (tertiary alicyclic amines) is 1. The minimum absolute atomic E-state index is 0.192. The predicted molar refractivity (Wildman–Crippen MR) is 149 cm³/mol. The molecule has 1 fully saturated rings. The SMILES string of the molecule is COc1c(Oc2ccnc(NC(C)=O)c2)cnc2nc(Nc3cc(C(C)(C)C)n(C4CN(C)CC4(F)F)n3)n(C)c12. The zero-order valence-electron chi connectivity index (χ0n) is 24.0. The van der Waals surface area contributed by atoms with Crippen molar-refractivity contribution in [2.45, 2.75) is 45.1 Å². The van der Waals surface area contributed by atoms with Gasteiger partial charge < -0.3 is 24.7 Å². The Morgan fingerprint density at radius 2 is 1.93 bits per heavy atom. The van der Waals surface area contributed by atoms with Gasteiger partial charge in [0.05, 0.1) is 19.9 Å². The molecule has 0 radical (unpaired) electrons. The normalized spacial score (nSPS) is 17.1. The summed E-state index contributed by atoms with van der Waals surface area (Å²) in [4.78, 5) is 26.1. The molecule has 0 spiro atoms. The molecular weight excluding hydrogens is 536 g/mol. The average molecular weight is 570 g/mol. The third-order valence-electron chi connectivity index (χ3n) is 6.78. The fraction of sp³-hybridized carbons (Fsp3) is 0.444. The van der Waals surface area contributed by atoms with Gasteiger partial charge in [0, 0.05) is 50.0 Å². The lowest BCUT2D eigenvalue weighted by atomic mass is 9.91. The van der Waals surface area contributed by atoms with E-state index in [0.29, 0.717) is 51.7 Å². The molecule has 0 aromatic carbocycles. The van der Waals surface area contributed by atoms with Crippen molar-refractivity contribution in [3.63, 3.8) is 0 Å². The Hall–Kier alpha value is -4.33. The number of likely N-dealkylation sites (N-methyl/N-ethyl adjacent to an activating group) is 1. The van der Waals surface area contributed by atoms with E-state index in [2.05, 4.69) is 30.7 Å². The van der Waals surface area contributed by atoms with Gasteiger partial charge >= 0.3 is 0 Å². The summed E-state index contributed by atoms with van der Waals surface area (Å²) in [6.07, 6.45) is 3.00. The van der Waals surface area contributed by atoms with Crippen LogP contribution in [-0.4, -0.2) is 73.3 Å². The monoisotopic (exact) mass is 569 g/mol. The van der Waals surface area contributed by atoms with E-state index in [0.717, 1.165) is 0 Å². The van der Waals surface area contributed by atoms with E-state index in [4.69, 9.17) is 9.47 Å². The molecule has 218 valence electrons. The van der Waals surface area contributed by atoms with Crippen molar-refractivity contribution in [1.82, 2.24) is 34.2 Å². The van der Waals surface area contributed by atoms with E-state index in [1.165, 1.54) is 31.1 Å². The molecule has 1 amide bonds. The van der Waals surface area contributed by atoms with Gasteiger partial charge in [-0.3, -0.25) is 14.4 Å². The van der Waals surface area contributed by atoms with Crippen molar-refractivity contribution in [3.05, 3.63) is 36.3 Å². The van der Waals surface area contributed by atoms with E-state index >= 15 is 0 Å². The van der Waals surface area contributed by atoms with Crippen LogP contribution in [0, 0.1) is 0 Å². The Balaban J connectivity index is 1.49. The number of nitrogens with zero attached hydrogens (tertiary/aromatic N) is 7. The summed E-state index contributed by atoms with van der Waals surface area (Å²) in [6, 6.07) is 3.91. The minimum atomic E-state index is -2.92. The lowest BCUT2D eigenvalue weighted by Crippen LogP contribution is -2.33. The number of imidazole rings is 1. The first-order valence-electron chi connectivity index (χ1n) is 13.0. The molecule has 1 aliphatic rings. The molecule has 2 N–H and O–H groups in total. The summed E-state index contributed by atoms with van der Waals surface area (Å²) < 4.78 is 44.7. The van der Waals surface area contributed by atoms with Crippen molar-refractivity contribution in [1.29, 1.82) is 0 Å². The van der Waals surface area contributed by atoms with Crippen LogP contribution in [0.3, 0.4) is 0 Å². The summed E-state index contributed by atoms with van der Waals surface area (Å²) in [7, 11) is 4.96. The summed E-state index contributed by atoms with van der Waals surface area (Å²) in [5.41, 5.74) is 1.18. The topological polar surface area (TPSA) is 124 Å². The van der Waals surface area contributed by atoms with Crippen LogP contribution in [0.25, 0.3) is 11.2 Å². The smallest absolute Gasteiger partial charge is 0.283 e. The lowest BCUT2D eigenvalue weighted by molar-refractivity contribution is -0.114. The number of carbonyl (C=O) groups excluding carboxylic acids is 1. The number of fused-ring (bicyclic) bond motifs is 1. The lowest BCUT2D eigenvalue weighted by Gasteiger charge is -2.26. The van der Waals surface area contributed by atoms with Crippen LogP contribution < -0.4 is 20.1 Å². The number of hydrogen-bond acceptors (Lipinski definition) is 9. The number of hydrogen-bond donors (Lipinski definition) is 2. The molecule has 5 rings (SSSR count). The predicted octanol–water partition coefficient (Wildman–Crippen LogP) is 4.48. The maximum Gasteiger partial charge on any atom is 0.283 e. The number of rotatable bonds is 7. The number of aryl methyl sites for hydroxylation is 1. The second kappa shape index (κ2) is 10.3. The highest BCUT2D eigenvalue weighted by atomic mass is 19.3. The molecule has 1 unspecified atom stereocenters. The fourth-order valence-corrected chi connectivity index (χ4v) is 4.94. The Bertz CT molecular complexity index is 1610. The van der Waals surface area contributed by atoms with Gasteiger partial charge in [-0.05, 0) is 13.1 Å². The number of halogens is 2. The van der Waals surface area contributed by atoms with Crippen molar-refractivity contribution >= 4 is 34.7 Å². The number of carbonyl (C=O) groups is 1. The van der Waals surface area contributed by atoms with E-state index in [1.807, 2.05) is 20.8 Å². The van der Waals surface area contributed by atoms with Gasteiger partial charge in [0.1, 0.15) is 23.1 Å². The van der Waals surface area contributed by atoms with Crippen LogP contribution in [-0.2, 0) is 17.3 Å². The van der Waals surface area contributed by atoms with Gasteiger partial charge in [0.2, 0.25) is 11.9 Å². The van der Waals surface area contributed by atoms with E-state index in [-0.39, 0.29) is 19.0 Å². The van der Waals surface area contributed by atoms with E-state index in [9.17, 15) is 13.6 Å². The zero-order valence-corrected chi connectivity index (χ0v) is 24.0. The van der Waals surface area contributed by atoms with Gasteiger partial charge in [-0.1, -0.05) is 20.8 Å². The maximum atomic E-state index is 14.9. The Kier molecular flexibility index (Phi) is 7.05. The first-order chi connectivity index (χ1) is 19.3. The molecule has 5 heterocycles. The molecule has 12 nitrogen and oxygen atoms in total.